The van der Waals surface area contributed by atoms with Gasteiger partial charge in [-0.25, -0.2) is 4.79 Å². The minimum Gasteiger partial charge on any atom is -0.493 e. The molecule has 0 spiro atoms. The van der Waals surface area contributed by atoms with E-state index in [1.165, 1.54) is 20.3 Å². The van der Waals surface area contributed by atoms with Gasteiger partial charge in [-0.3, -0.25) is 4.79 Å². The monoisotopic (exact) mass is 309 g/mol. The second-order valence-electron chi connectivity index (χ2n) is 5.25. The van der Waals surface area contributed by atoms with Crippen LogP contribution in [0.4, 0.5) is 0 Å². The van der Waals surface area contributed by atoms with Gasteiger partial charge in [0.15, 0.2) is 18.1 Å². The Morgan fingerprint density at radius 3 is 2.36 bits per heavy atom. The molecular formula is C16H23NO5. The molecule has 0 aromatic heterocycles. The van der Waals surface area contributed by atoms with E-state index < -0.39 is 5.97 Å². The Labute approximate surface area is 130 Å². The number of methoxy groups -OCH3 is 2. The topological polar surface area (TPSA) is 73.9 Å². The standard InChI is InChI=1S/C16H23NO5/c1-10(2)11(3)17-15(18)9-22-13-7-6-12(16(19)21-5)8-14(13)20-4/h6-8,10-11H,9H2,1-5H3,(H,17,18)/t11-/m1/s1. The number of hydrogen-bond donors (Lipinski definition) is 1. The minimum atomic E-state index is -0.464. The van der Waals surface area contributed by atoms with Crippen LogP contribution >= 0.6 is 0 Å². The Kier molecular flexibility index (Phi) is 6.69. The third kappa shape index (κ3) is 4.95. The fourth-order valence-electron chi connectivity index (χ4n) is 1.64. The van der Waals surface area contributed by atoms with Crippen LogP contribution in [0.15, 0.2) is 18.2 Å². The van der Waals surface area contributed by atoms with E-state index >= 15 is 0 Å². The van der Waals surface area contributed by atoms with Crippen molar-refractivity contribution in [3.8, 4) is 11.5 Å². The van der Waals surface area contributed by atoms with Gasteiger partial charge in [-0.05, 0) is 31.0 Å². The van der Waals surface area contributed by atoms with Crippen molar-refractivity contribution in [1.82, 2.24) is 5.32 Å². The van der Waals surface area contributed by atoms with Crippen LogP contribution in [0.3, 0.4) is 0 Å². The summed E-state index contributed by atoms with van der Waals surface area (Å²) in [6, 6.07) is 4.71. The smallest absolute Gasteiger partial charge is 0.337 e. The normalized spacial score (nSPS) is 11.7. The van der Waals surface area contributed by atoms with Crippen molar-refractivity contribution < 1.29 is 23.8 Å². The predicted molar refractivity (Wildman–Crippen MR) is 82.3 cm³/mol. The molecule has 1 aromatic rings. The van der Waals surface area contributed by atoms with Crippen molar-refractivity contribution in [1.29, 1.82) is 0 Å². The molecule has 1 atom stereocenters. The summed E-state index contributed by atoms with van der Waals surface area (Å²) in [6.07, 6.45) is 0. The molecule has 0 aliphatic rings. The molecule has 1 rings (SSSR count). The third-order valence-electron chi connectivity index (χ3n) is 3.33. The van der Waals surface area contributed by atoms with E-state index in [-0.39, 0.29) is 18.6 Å². The van der Waals surface area contributed by atoms with Crippen molar-refractivity contribution in [3.63, 3.8) is 0 Å². The number of rotatable bonds is 7. The second-order valence-corrected chi connectivity index (χ2v) is 5.25. The van der Waals surface area contributed by atoms with Gasteiger partial charge in [0.25, 0.3) is 5.91 Å². The van der Waals surface area contributed by atoms with Gasteiger partial charge >= 0.3 is 5.97 Å². The molecule has 0 bridgehead atoms. The summed E-state index contributed by atoms with van der Waals surface area (Å²) in [5.74, 6) is 0.432. The molecule has 1 N–H and O–H groups in total. The maximum Gasteiger partial charge on any atom is 0.337 e. The van der Waals surface area contributed by atoms with Gasteiger partial charge in [-0.1, -0.05) is 13.8 Å². The molecule has 0 fully saturated rings. The van der Waals surface area contributed by atoms with E-state index in [1.54, 1.807) is 12.1 Å². The molecule has 1 aromatic carbocycles. The van der Waals surface area contributed by atoms with E-state index in [1.807, 2.05) is 20.8 Å². The summed E-state index contributed by atoms with van der Waals surface area (Å²) < 4.78 is 15.3. The highest BCUT2D eigenvalue weighted by Gasteiger charge is 2.14. The lowest BCUT2D eigenvalue weighted by Crippen LogP contribution is -2.38. The first-order valence-corrected chi connectivity index (χ1v) is 7.07. The van der Waals surface area contributed by atoms with Crippen molar-refractivity contribution >= 4 is 11.9 Å². The Balaban J connectivity index is 2.69. The number of nitrogens with one attached hydrogen (secondary N) is 1. The van der Waals surface area contributed by atoms with E-state index in [4.69, 9.17) is 9.47 Å². The van der Waals surface area contributed by atoms with Gasteiger partial charge in [0, 0.05) is 6.04 Å². The van der Waals surface area contributed by atoms with Gasteiger partial charge in [-0.15, -0.1) is 0 Å². The van der Waals surface area contributed by atoms with E-state index in [2.05, 4.69) is 10.1 Å². The molecule has 6 nitrogen and oxygen atoms in total. The van der Waals surface area contributed by atoms with Crippen LogP contribution in [0.25, 0.3) is 0 Å². The number of carbonyl (C=O) groups is 2. The first-order valence-electron chi connectivity index (χ1n) is 7.07. The minimum absolute atomic E-state index is 0.0692. The summed E-state index contributed by atoms with van der Waals surface area (Å²) >= 11 is 0. The van der Waals surface area contributed by atoms with Crippen LogP contribution in [-0.4, -0.2) is 38.7 Å². The van der Waals surface area contributed by atoms with Gasteiger partial charge < -0.3 is 19.5 Å². The van der Waals surface area contributed by atoms with Crippen LogP contribution in [-0.2, 0) is 9.53 Å². The van der Waals surface area contributed by atoms with Crippen LogP contribution in [0, 0.1) is 5.92 Å². The summed E-state index contributed by atoms with van der Waals surface area (Å²) in [7, 11) is 2.77. The second kappa shape index (κ2) is 8.26. The summed E-state index contributed by atoms with van der Waals surface area (Å²) in [6.45, 7) is 5.88. The maximum absolute atomic E-state index is 11.8. The zero-order valence-corrected chi connectivity index (χ0v) is 13.6. The number of amides is 1. The quantitative estimate of drug-likeness (QED) is 0.780. The van der Waals surface area contributed by atoms with Gasteiger partial charge in [0.05, 0.1) is 19.8 Å². The van der Waals surface area contributed by atoms with Crippen molar-refractivity contribution in [2.24, 2.45) is 5.92 Å². The number of carbonyl (C=O) groups excluding carboxylic acids is 2. The van der Waals surface area contributed by atoms with Crippen molar-refractivity contribution in [3.05, 3.63) is 23.8 Å². The molecule has 22 heavy (non-hydrogen) atoms. The Morgan fingerprint density at radius 2 is 1.82 bits per heavy atom. The number of hydrogen-bond acceptors (Lipinski definition) is 5. The molecule has 0 unspecified atom stereocenters. The zero-order valence-electron chi connectivity index (χ0n) is 13.6. The molecule has 122 valence electrons. The highest BCUT2D eigenvalue weighted by Crippen LogP contribution is 2.28. The molecular weight excluding hydrogens is 286 g/mol. The van der Waals surface area contributed by atoms with E-state index in [0.717, 1.165) is 0 Å². The van der Waals surface area contributed by atoms with E-state index in [9.17, 15) is 9.59 Å². The number of benzene rings is 1. The molecule has 6 heteroatoms. The summed E-state index contributed by atoms with van der Waals surface area (Å²) in [4.78, 5) is 23.3. The Bertz CT molecular complexity index is 527. The lowest BCUT2D eigenvalue weighted by Gasteiger charge is -2.18. The molecule has 0 saturated heterocycles. The number of esters is 1. The van der Waals surface area contributed by atoms with Crippen LogP contribution in [0.2, 0.25) is 0 Å². The maximum atomic E-state index is 11.8. The predicted octanol–water partition coefficient (Wildman–Crippen LogP) is 2.02. The summed E-state index contributed by atoms with van der Waals surface area (Å²) in [5.41, 5.74) is 0.351. The highest BCUT2D eigenvalue weighted by atomic mass is 16.5. The average molecular weight is 309 g/mol. The van der Waals surface area contributed by atoms with Crippen LogP contribution < -0.4 is 14.8 Å². The van der Waals surface area contributed by atoms with E-state index in [0.29, 0.717) is 23.0 Å². The lowest BCUT2D eigenvalue weighted by molar-refractivity contribution is -0.124. The lowest BCUT2D eigenvalue weighted by atomic mass is 10.1. The van der Waals surface area contributed by atoms with Gasteiger partial charge in [-0.2, -0.15) is 0 Å². The molecule has 0 aliphatic heterocycles. The fraction of sp³-hybridized carbons (Fsp3) is 0.500. The first kappa shape index (κ1) is 17.8. The van der Waals surface area contributed by atoms with Crippen molar-refractivity contribution in [2.45, 2.75) is 26.8 Å². The molecule has 0 radical (unpaired) electrons. The molecule has 0 saturated carbocycles. The highest BCUT2D eigenvalue weighted by molar-refractivity contribution is 5.90. The SMILES string of the molecule is COC(=O)c1ccc(OCC(=O)N[C@H](C)C(C)C)c(OC)c1. The van der Waals surface area contributed by atoms with Crippen LogP contribution in [0.1, 0.15) is 31.1 Å². The Morgan fingerprint density at radius 1 is 1.14 bits per heavy atom. The first-order chi connectivity index (χ1) is 10.4. The molecule has 0 aliphatic carbocycles. The zero-order chi connectivity index (χ0) is 16.7. The summed E-state index contributed by atoms with van der Waals surface area (Å²) in [5, 5.41) is 2.85. The molecule has 0 heterocycles. The molecule has 1 amide bonds. The van der Waals surface area contributed by atoms with Crippen molar-refractivity contribution in [2.75, 3.05) is 20.8 Å². The van der Waals surface area contributed by atoms with Gasteiger partial charge in [0.2, 0.25) is 0 Å². The van der Waals surface area contributed by atoms with Gasteiger partial charge in [0.1, 0.15) is 0 Å². The Hall–Kier alpha value is -2.24. The number of ether oxygens (including phenoxy) is 3. The average Bonchev–Trinajstić information content (AvgIpc) is 2.51. The largest absolute Gasteiger partial charge is 0.493 e. The third-order valence-corrected chi connectivity index (χ3v) is 3.33. The van der Waals surface area contributed by atoms with Crippen LogP contribution in [0.5, 0.6) is 11.5 Å². The fourth-order valence-corrected chi connectivity index (χ4v) is 1.64.